The molecule has 0 radical (unpaired) electrons. The molecule has 1 aliphatic rings. The van der Waals surface area contributed by atoms with Gasteiger partial charge < -0.3 is 28.8 Å². The van der Waals surface area contributed by atoms with Crippen molar-refractivity contribution in [2.45, 2.75) is 19.4 Å². The minimum atomic E-state index is -0.210. The van der Waals surface area contributed by atoms with Crippen molar-refractivity contribution in [1.29, 1.82) is 0 Å². The van der Waals surface area contributed by atoms with Crippen LogP contribution in [-0.4, -0.2) is 62.5 Å². The first-order chi connectivity index (χ1) is 17.4. The molecule has 0 bridgehead atoms. The molecule has 0 saturated carbocycles. The van der Waals surface area contributed by atoms with Gasteiger partial charge in [0.15, 0.2) is 11.5 Å². The third kappa shape index (κ3) is 5.66. The van der Waals surface area contributed by atoms with E-state index < -0.39 is 0 Å². The molecule has 1 atom stereocenters. The van der Waals surface area contributed by atoms with Crippen molar-refractivity contribution in [3.05, 3.63) is 41.2 Å². The first kappa shape index (κ1) is 25.6. The first-order valence-electron chi connectivity index (χ1n) is 11.5. The van der Waals surface area contributed by atoms with Crippen molar-refractivity contribution in [2.75, 3.05) is 46.8 Å². The number of benzene rings is 2. The standard InChI is InChI=1S/C25H29ClN4O6/c1-32-19-8-7-15(10-22(19)35-4)24-28-23(36-29-24)14-30-9-5-6-16(13-30)25(31)27-18-12-20(33-2)17(26)11-21(18)34-3/h7-8,10-12,16H,5-6,9,13-14H2,1-4H3,(H,27,31). The Morgan fingerprint density at radius 1 is 1.06 bits per heavy atom. The maximum absolute atomic E-state index is 13.1. The van der Waals surface area contributed by atoms with Gasteiger partial charge >= 0.3 is 0 Å². The van der Waals surface area contributed by atoms with Gasteiger partial charge in [-0.25, -0.2) is 0 Å². The zero-order valence-electron chi connectivity index (χ0n) is 20.7. The Morgan fingerprint density at radius 3 is 2.53 bits per heavy atom. The number of hydrogen-bond donors (Lipinski definition) is 1. The molecule has 11 heteroatoms. The van der Waals surface area contributed by atoms with E-state index in [4.69, 9.17) is 35.1 Å². The summed E-state index contributed by atoms with van der Waals surface area (Å²) in [6.45, 7) is 1.84. The van der Waals surface area contributed by atoms with E-state index in [1.54, 1.807) is 38.5 Å². The highest BCUT2D eigenvalue weighted by Gasteiger charge is 2.28. The molecule has 2 aromatic carbocycles. The number of nitrogens with one attached hydrogen (secondary N) is 1. The molecule has 0 aliphatic carbocycles. The van der Waals surface area contributed by atoms with Crippen LogP contribution in [0.4, 0.5) is 5.69 Å². The third-order valence-corrected chi connectivity index (χ3v) is 6.37. The molecule has 1 aromatic heterocycles. The fourth-order valence-electron chi connectivity index (χ4n) is 4.21. The third-order valence-electron chi connectivity index (χ3n) is 6.08. The summed E-state index contributed by atoms with van der Waals surface area (Å²) in [6.07, 6.45) is 1.64. The van der Waals surface area contributed by atoms with Crippen molar-refractivity contribution in [3.8, 4) is 34.4 Å². The summed E-state index contributed by atoms with van der Waals surface area (Å²) in [5.41, 5.74) is 1.27. The van der Waals surface area contributed by atoms with Crippen molar-refractivity contribution < 1.29 is 28.3 Å². The van der Waals surface area contributed by atoms with Crippen LogP contribution in [0.2, 0.25) is 5.02 Å². The number of carbonyl (C=O) groups is 1. The Morgan fingerprint density at radius 2 is 1.81 bits per heavy atom. The quantitative estimate of drug-likeness (QED) is 0.445. The van der Waals surface area contributed by atoms with Gasteiger partial charge in [0.25, 0.3) is 0 Å². The second-order valence-corrected chi connectivity index (χ2v) is 8.74. The van der Waals surface area contributed by atoms with E-state index >= 15 is 0 Å². The van der Waals surface area contributed by atoms with E-state index in [1.807, 2.05) is 6.07 Å². The van der Waals surface area contributed by atoms with Crippen LogP contribution in [0.3, 0.4) is 0 Å². The Bertz CT molecular complexity index is 1220. The van der Waals surface area contributed by atoms with Gasteiger partial charge in [-0.1, -0.05) is 16.8 Å². The monoisotopic (exact) mass is 516 g/mol. The molecule has 1 fully saturated rings. The maximum Gasteiger partial charge on any atom is 0.241 e. The van der Waals surface area contributed by atoms with E-state index in [2.05, 4.69) is 20.4 Å². The van der Waals surface area contributed by atoms with Gasteiger partial charge in [0.2, 0.25) is 17.6 Å². The van der Waals surface area contributed by atoms with Gasteiger partial charge in [0, 0.05) is 24.2 Å². The predicted molar refractivity (Wildman–Crippen MR) is 134 cm³/mol. The van der Waals surface area contributed by atoms with Crippen molar-refractivity contribution in [3.63, 3.8) is 0 Å². The number of hydrogen-bond acceptors (Lipinski definition) is 9. The smallest absolute Gasteiger partial charge is 0.241 e. The summed E-state index contributed by atoms with van der Waals surface area (Å²) in [7, 11) is 6.20. The molecular weight excluding hydrogens is 488 g/mol. The lowest BCUT2D eigenvalue weighted by Crippen LogP contribution is -2.40. The second kappa shape index (κ2) is 11.5. The molecular formula is C25H29ClN4O6. The summed E-state index contributed by atoms with van der Waals surface area (Å²) in [4.78, 5) is 19.8. The number of aromatic nitrogens is 2. The highest BCUT2D eigenvalue weighted by molar-refractivity contribution is 6.32. The molecule has 36 heavy (non-hydrogen) atoms. The van der Waals surface area contributed by atoms with Gasteiger partial charge in [0.1, 0.15) is 11.5 Å². The lowest BCUT2D eigenvalue weighted by atomic mass is 9.97. The van der Waals surface area contributed by atoms with Crippen molar-refractivity contribution >= 4 is 23.2 Å². The number of halogens is 1. The van der Waals surface area contributed by atoms with Crippen molar-refractivity contribution in [1.82, 2.24) is 15.0 Å². The minimum absolute atomic E-state index is 0.0982. The summed E-state index contributed by atoms with van der Waals surface area (Å²) < 4.78 is 26.8. The summed E-state index contributed by atoms with van der Waals surface area (Å²) in [5.74, 6) is 2.76. The van der Waals surface area contributed by atoms with Crippen LogP contribution in [0.5, 0.6) is 23.0 Å². The van der Waals surface area contributed by atoms with Crippen LogP contribution in [0.25, 0.3) is 11.4 Å². The number of amides is 1. The molecule has 1 saturated heterocycles. The Balaban J connectivity index is 1.41. The normalized spacial score (nSPS) is 15.9. The Labute approximate surface area is 214 Å². The Hall–Kier alpha value is -3.50. The fourth-order valence-corrected chi connectivity index (χ4v) is 4.44. The lowest BCUT2D eigenvalue weighted by molar-refractivity contribution is -0.121. The highest BCUT2D eigenvalue weighted by Crippen LogP contribution is 2.36. The number of likely N-dealkylation sites (tertiary alicyclic amines) is 1. The van der Waals surface area contributed by atoms with Crippen LogP contribution >= 0.6 is 11.6 Å². The molecule has 10 nitrogen and oxygen atoms in total. The highest BCUT2D eigenvalue weighted by atomic mass is 35.5. The van der Waals surface area contributed by atoms with Crippen LogP contribution < -0.4 is 24.3 Å². The van der Waals surface area contributed by atoms with Crippen molar-refractivity contribution in [2.24, 2.45) is 5.92 Å². The minimum Gasteiger partial charge on any atom is -0.495 e. The van der Waals surface area contributed by atoms with Crippen LogP contribution in [0, 0.1) is 5.92 Å². The van der Waals surface area contributed by atoms with E-state index in [0.717, 1.165) is 24.9 Å². The topological polar surface area (TPSA) is 108 Å². The predicted octanol–water partition coefficient (Wildman–Crippen LogP) is 4.28. The second-order valence-electron chi connectivity index (χ2n) is 8.33. The lowest BCUT2D eigenvalue weighted by Gasteiger charge is -2.31. The number of methoxy groups -OCH3 is 4. The van der Waals surface area contributed by atoms with Crippen LogP contribution in [-0.2, 0) is 11.3 Å². The molecule has 1 aliphatic heterocycles. The maximum atomic E-state index is 13.1. The molecule has 2 heterocycles. The van der Waals surface area contributed by atoms with Crippen LogP contribution in [0.1, 0.15) is 18.7 Å². The van der Waals surface area contributed by atoms with Gasteiger partial charge in [-0.3, -0.25) is 9.69 Å². The zero-order chi connectivity index (χ0) is 25.7. The molecule has 4 rings (SSSR count). The molecule has 192 valence electrons. The molecule has 1 amide bonds. The van der Waals surface area contributed by atoms with Gasteiger partial charge in [-0.15, -0.1) is 0 Å². The summed E-state index contributed by atoms with van der Waals surface area (Å²) >= 11 is 6.18. The van der Waals surface area contributed by atoms with Gasteiger partial charge in [-0.05, 0) is 37.6 Å². The average molecular weight is 517 g/mol. The molecule has 0 spiro atoms. The SMILES string of the molecule is COc1cc(NC(=O)C2CCCN(Cc3nc(-c4ccc(OC)c(OC)c4)no3)C2)c(OC)cc1Cl. The number of piperidine rings is 1. The molecule has 1 N–H and O–H groups in total. The summed E-state index contributed by atoms with van der Waals surface area (Å²) in [5, 5.41) is 7.48. The van der Waals surface area contributed by atoms with Gasteiger partial charge in [-0.2, -0.15) is 4.98 Å². The number of nitrogens with zero attached hydrogens (tertiary/aromatic N) is 3. The zero-order valence-corrected chi connectivity index (χ0v) is 21.4. The number of carbonyl (C=O) groups excluding carboxylic acids is 1. The van der Waals surface area contributed by atoms with Gasteiger partial charge in [0.05, 0.1) is 51.6 Å². The van der Waals surface area contributed by atoms with E-state index in [0.29, 0.717) is 58.5 Å². The fraction of sp³-hybridized carbons (Fsp3) is 0.400. The first-order valence-corrected chi connectivity index (χ1v) is 11.8. The van der Waals surface area contributed by atoms with E-state index in [-0.39, 0.29) is 11.8 Å². The number of ether oxygens (including phenoxy) is 4. The molecule has 1 unspecified atom stereocenters. The number of anilines is 1. The summed E-state index contributed by atoms with van der Waals surface area (Å²) in [6, 6.07) is 8.72. The largest absolute Gasteiger partial charge is 0.495 e. The average Bonchev–Trinajstić information content (AvgIpc) is 3.37. The number of rotatable bonds is 9. The van der Waals surface area contributed by atoms with E-state index in [9.17, 15) is 4.79 Å². The van der Waals surface area contributed by atoms with E-state index in [1.165, 1.54) is 14.2 Å². The molecule has 3 aromatic rings. The Kier molecular flexibility index (Phi) is 8.17. The van der Waals surface area contributed by atoms with Crippen LogP contribution in [0.15, 0.2) is 34.9 Å².